The van der Waals surface area contributed by atoms with E-state index in [-0.39, 0.29) is 39.5 Å². The van der Waals surface area contributed by atoms with E-state index in [9.17, 15) is 22.8 Å². The van der Waals surface area contributed by atoms with Crippen molar-refractivity contribution in [1.82, 2.24) is 4.90 Å². The van der Waals surface area contributed by atoms with Gasteiger partial charge in [0, 0.05) is 18.7 Å². The van der Waals surface area contributed by atoms with Crippen LogP contribution in [0.2, 0.25) is 5.02 Å². The lowest BCUT2D eigenvalue weighted by Gasteiger charge is -2.16. The molecular formula is C26H20ClF3N2O5S. The molecule has 0 atom stereocenters. The normalized spacial score (nSPS) is 16.1. The second kappa shape index (κ2) is 11.5. The topological polar surface area (TPSA) is 81.3 Å². The van der Waals surface area contributed by atoms with E-state index in [1.807, 2.05) is 0 Å². The van der Waals surface area contributed by atoms with Crippen LogP contribution in [0.3, 0.4) is 0 Å². The molecule has 0 saturated carbocycles. The number of amidine groups is 1. The van der Waals surface area contributed by atoms with Crippen LogP contribution >= 0.6 is 23.4 Å². The van der Waals surface area contributed by atoms with Gasteiger partial charge in [0.2, 0.25) is 0 Å². The minimum Gasteiger partial charge on any atom is -0.465 e. The van der Waals surface area contributed by atoms with Crippen molar-refractivity contribution < 1.29 is 36.7 Å². The van der Waals surface area contributed by atoms with E-state index >= 15 is 0 Å². The molecule has 0 unspecified atom stereocenters. The summed E-state index contributed by atoms with van der Waals surface area (Å²) in [7, 11) is 2.70. The summed E-state index contributed by atoms with van der Waals surface area (Å²) >= 11 is 7.01. The molecule has 1 amide bonds. The molecule has 2 heterocycles. The van der Waals surface area contributed by atoms with Crippen molar-refractivity contribution in [2.24, 2.45) is 4.99 Å². The number of thioether (sulfide) groups is 1. The van der Waals surface area contributed by atoms with Crippen molar-refractivity contribution in [3.05, 3.63) is 81.4 Å². The summed E-state index contributed by atoms with van der Waals surface area (Å²) in [6.07, 6.45) is -3.13. The minimum atomic E-state index is -4.61. The fraction of sp³-hybridized carbons (Fsp3) is 0.192. The Morgan fingerprint density at radius 3 is 2.63 bits per heavy atom. The Kier molecular flexibility index (Phi) is 8.29. The Morgan fingerprint density at radius 2 is 1.92 bits per heavy atom. The molecule has 12 heteroatoms. The minimum absolute atomic E-state index is 0.0854. The summed E-state index contributed by atoms with van der Waals surface area (Å²) in [4.78, 5) is 30.7. The average molecular weight is 565 g/mol. The molecule has 38 heavy (non-hydrogen) atoms. The Balaban J connectivity index is 1.66. The number of methoxy groups -OCH3 is 2. The van der Waals surface area contributed by atoms with Crippen LogP contribution in [0, 0.1) is 0 Å². The predicted molar refractivity (Wildman–Crippen MR) is 138 cm³/mol. The molecule has 1 aliphatic rings. The fourth-order valence-electron chi connectivity index (χ4n) is 3.54. The summed E-state index contributed by atoms with van der Waals surface area (Å²) in [6.45, 7) is 0.251. The number of ether oxygens (including phenoxy) is 2. The van der Waals surface area contributed by atoms with Crippen molar-refractivity contribution in [2.45, 2.75) is 6.18 Å². The zero-order chi connectivity index (χ0) is 27.4. The number of hydrogen-bond donors (Lipinski definition) is 0. The molecule has 0 aliphatic carbocycles. The van der Waals surface area contributed by atoms with Crippen LogP contribution in [0.4, 0.5) is 18.9 Å². The van der Waals surface area contributed by atoms with E-state index in [0.29, 0.717) is 17.1 Å². The molecule has 0 N–H and O–H groups in total. The number of rotatable bonds is 7. The Bertz CT molecular complexity index is 1430. The van der Waals surface area contributed by atoms with E-state index in [0.717, 1.165) is 17.8 Å². The molecule has 7 nitrogen and oxygen atoms in total. The zero-order valence-electron chi connectivity index (χ0n) is 20.0. The number of furan rings is 1. The van der Waals surface area contributed by atoms with Gasteiger partial charge in [0.25, 0.3) is 5.91 Å². The number of aliphatic imine (C=N–C) groups is 1. The first-order valence-electron chi connectivity index (χ1n) is 11.1. The first-order valence-corrected chi connectivity index (χ1v) is 12.2. The number of benzene rings is 2. The molecule has 1 fully saturated rings. The Hall–Kier alpha value is -3.54. The average Bonchev–Trinajstić information content (AvgIpc) is 3.47. The van der Waals surface area contributed by atoms with Crippen LogP contribution in [-0.2, 0) is 20.4 Å². The lowest BCUT2D eigenvalue weighted by atomic mass is 10.1. The zero-order valence-corrected chi connectivity index (χ0v) is 21.6. The van der Waals surface area contributed by atoms with Gasteiger partial charge >= 0.3 is 12.1 Å². The largest absolute Gasteiger partial charge is 0.465 e. The van der Waals surface area contributed by atoms with Crippen molar-refractivity contribution in [3.8, 4) is 11.3 Å². The van der Waals surface area contributed by atoms with Crippen LogP contribution in [-0.4, -0.2) is 49.3 Å². The van der Waals surface area contributed by atoms with Crippen LogP contribution in [0.5, 0.6) is 0 Å². The number of esters is 1. The lowest BCUT2D eigenvalue weighted by molar-refractivity contribution is -0.137. The van der Waals surface area contributed by atoms with Gasteiger partial charge in [-0.15, -0.1) is 0 Å². The number of nitrogens with zero attached hydrogens (tertiary/aromatic N) is 2. The van der Waals surface area contributed by atoms with Gasteiger partial charge < -0.3 is 13.9 Å². The van der Waals surface area contributed by atoms with Crippen LogP contribution in [0.1, 0.15) is 21.7 Å². The number of para-hydroxylation sites is 1. The molecule has 0 spiro atoms. The van der Waals surface area contributed by atoms with Gasteiger partial charge in [-0.2, -0.15) is 13.2 Å². The molecule has 1 aliphatic heterocycles. The van der Waals surface area contributed by atoms with Gasteiger partial charge in [-0.25, -0.2) is 9.79 Å². The maximum absolute atomic E-state index is 13.5. The predicted octanol–water partition coefficient (Wildman–Crippen LogP) is 6.66. The molecule has 198 valence electrons. The SMILES string of the molecule is COCCN1C(=O)/C(=C\c2ccc(-c3ccc(Cl)c(C(=O)OC)c3)o2)SC1=Nc1ccccc1C(F)(F)F. The molecule has 3 aromatic rings. The highest BCUT2D eigenvalue weighted by atomic mass is 35.5. The first kappa shape index (κ1) is 27.5. The van der Waals surface area contributed by atoms with E-state index in [1.165, 1.54) is 55.5 Å². The Labute approximate surface area is 224 Å². The van der Waals surface area contributed by atoms with Gasteiger partial charge in [-0.3, -0.25) is 9.69 Å². The molecule has 0 radical (unpaired) electrons. The number of halogens is 4. The maximum Gasteiger partial charge on any atom is 0.418 e. The maximum atomic E-state index is 13.5. The number of hydrogen-bond acceptors (Lipinski definition) is 7. The Morgan fingerprint density at radius 1 is 1.16 bits per heavy atom. The first-order chi connectivity index (χ1) is 18.1. The smallest absolute Gasteiger partial charge is 0.418 e. The van der Waals surface area contributed by atoms with Crippen LogP contribution in [0.25, 0.3) is 17.4 Å². The fourth-order valence-corrected chi connectivity index (χ4v) is 4.74. The molecule has 0 bridgehead atoms. The summed E-state index contributed by atoms with van der Waals surface area (Å²) in [5, 5.41) is 0.305. The third-order valence-corrected chi connectivity index (χ3v) is 6.73. The van der Waals surface area contributed by atoms with Gasteiger partial charge in [0.1, 0.15) is 11.5 Å². The molecule has 4 rings (SSSR count). The van der Waals surface area contributed by atoms with Gasteiger partial charge in [0.15, 0.2) is 5.17 Å². The van der Waals surface area contributed by atoms with Crippen LogP contribution < -0.4 is 0 Å². The third kappa shape index (κ3) is 5.95. The second-order valence-electron chi connectivity index (χ2n) is 7.86. The summed E-state index contributed by atoms with van der Waals surface area (Å²) in [6, 6.07) is 12.9. The third-order valence-electron chi connectivity index (χ3n) is 5.39. The van der Waals surface area contributed by atoms with Gasteiger partial charge in [-0.1, -0.05) is 23.7 Å². The van der Waals surface area contributed by atoms with Crippen molar-refractivity contribution in [2.75, 3.05) is 27.4 Å². The summed E-state index contributed by atoms with van der Waals surface area (Å²) < 4.78 is 56.1. The monoisotopic (exact) mass is 564 g/mol. The molecule has 1 aromatic heterocycles. The molecule has 1 saturated heterocycles. The van der Waals surface area contributed by atoms with Gasteiger partial charge in [0.05, 0.1) is 47.0 Å². The number of carbonyl (C=O) groups is 2. The van der Waals surface area contributed by atoms with E-state index in [2.05, 4.69) is 4.99 Å². The van der Waals surface area contributed by atoms with Crippen molar-refractivity contribution in [1.29, 1.82) is 0 Å². The standard InChI is InChI=1S/C26H20ClF3N2O5S/c1-35-12-11-32-23(33)22(38-25(32)31-20-6-4-3-5-18(20)26(28,29)30)14-16-8-10-21(37-16)15-7-9-19(27)17(13-15)24(34)36-2/h3-10,13-14H,11-12H2,1-2H3/b22-14+,31-25?. The molecule has 2 aromatic carbocycles. The van der Waals surface area contributed by atoms with Crippen LogP contribution in [0.15, 0.2) is 68.9 Å². The summed E-state index contributed by atoms with van der Waals surface area (Å²) in [5.41, 5.74) is -0.492. The highest BCUT2D eigenvalue weighted by Crippen LogP contribution is 2.39. The van der Waals surface area contributed by atoms with Crippen molar-refractivity contribution >= 4 is 52.2 Å². The number of carbonyl (C=O) groups excluding carboxylic acids is 2. The number of alkyl halides is 3. The van der Waals surface area contributed by atoms with E-state index in [4.69, 9.17) is 25.5 Å². The quantitative estimate of drug-likeness (QED) is 0.236. The van der Waals surface area contributed by atoms with E-state index < -0.39 is 23.6 Å². The van der Waals surface area contributed by atoms with Gasteiger partial charge in [-0.05, 0) is 54.2 Å². The highest BCUT2D eigenvalue weighted by molar-refractivity contribution is 8.18. The highest BCUT2D eigenvalue weighted by Gasteiger charge is 2.36. The van der Waals surface area contributed by atoms with E-state index in [1.54, 1.807) is 18.2 Å². The number of amides is 1. The summed E-state index contributed by atoms with van der Waals surface area (Å²) in [5.74, 6) is -0.339. The second-order valence-corrected chi connectivity index (χ2v) is 9.27. The van der Waals surface area contributed by atoms with Crippen molar-refractivity contribution in [3.63, 3.8) is 0 Å². The molecular weight excluding hydrogens is 545 g/mol. The lowest BCUT2D eigenvalue weighted by Crippen LogP contribution is -2.32.